The van der Waals surface area contributed by atoms with E-state index < -0.39 is 0 Å². The van der Waals surface area contributed by atoms with Crippen LogP contribution in [0.4, 0.5) is 4.79 Å². The van der Waals surface area contributed by atoms with Crippen molar-refractivity contribution >= 4 is 6.03 Å². The Labute approximate surface area is 110 Å². The van der Waals surface area contributed by atoms with Crippen molar-refractivity contribution < 1.29 is 4.79 Å². The zero-order valence-electron chi connectivity index (χ0n) is 11.8. The molecule has 0 fully saturated rings. The highest BCUT2D eigenvalue weighted by atomic mass is 16.2. The molecular formula is C15H24N2O. The lowest BCUT2D eigenvalue weighted by Crippen LogP contribution is -2.41. The van der Waals surface area contributed by atoms with Gasteiger partial charge in [0.25, 0.3) is 0 Å². The van der Waals surface area contributed by atoms with Crippen molar-refractivity contribution in [3.05, 3.63) is 34.9 Å². The molecule has 1 aromatic rings. The molecule has 0 radical (unpaired) electrons. The molecule has 100 valence electrons. The van der Waals surface area contributed by atoms with Crippen LogP contribution >= 0.6 is 0 Å². The summed E-state index contributed by atoms with van der Waals surface area (Å²) >= 11 is 0. The Hall–Kier alpha value is -1.51. The molecule has 1 aromatic carbocycles. The van der Waals surface area contributed by atoms with Crippen LogP contribution in [-0.2, 0) is 6.42 Å². The summed E-state index contributed by atoms with van der Waals surface area (Å²) in [6.45, 7) is 8.94. The molecule has 0 saturated carbocycles. The largest absolute Gasteiger partial charge is 0.338 e. The van der Waals surface area contributed by atoms with Crippen molar-refractivity contribution in [1.29, 1.82) is 0 Å². The Bertz CT molecular complexity index is 401. The van der Waals surface area contributed by atoms with Crippen molar-refractivity contribution in [3.8, 4) is 0 Å². The minimum atomic E-state index is -0.0749. The van der Waals surface area contributed by atoms with E-state index in [1.165, 1.54) is 16.7 Å². The van der Waals surface area contributed by atoms with E-state index in [4.69, 9.17) is 0 Å². The smallest absolute Gasteiger partial charge is 0.315 e. The van der Waals surface area contributed by atoms with Crippen molar-refractivity contribution in [2.45, 2.75) is 46.6 Å². The fourth-order valence-corrected chi connectivity index (χ4v) is 1.81. The van der Waals surface area contributed by atoms with E-state index in [1.807, 2.05) is 6.92 Å². The van der Waals surface area contributed by atoms with Gasteiger partial charge in [0.2, 0.25) is 0 Å². The number of nitrogens with one attached hydrogen (secondary N) is 2. The summed E-state index contributed by atoms with van der Waals surface area (Å²) in [5, 5.41) is 5.78. The molecule has 3 nitrogen and oxygen atoms in total. The lowest BCUT2D eigenvalue weighted by molar-refractivity contribution is 0.237. The van der Waals surface area contributed by atoms with Gasteiger partial charge in [0.15, 0.2) is 0 Å². The molecule has 0 aliphatic carbocycles. The molecule has 0 bridgehead atoms. The average Bonchev–Trinajstić information content (AvgIpc) is 2.31. The number of amides is 2. The van der Waals surface area contributed by atoms with E-state index >= 15 is 0 Å². The molecule has 0 aliphatic rings. The van der Waals surface area contributed by atoms with Gasteiger partial charge in [0.1, 0.15) is 0 Å². The van der Waals surface area contributed by atoms with Gasteiger partial charge in [-0.3, -0.25) is 0 Å². The zero-order valence-corrected chi connectivity index (χ0v) is 11.8. The highest BCUT2D eigenvalue weighted by Gasteiger charge is 2.04. The van der Waals surface area contributed by atoms with Crippen LogP contribution in [0.2, 0.25) is 0 Å². The molecule has 2 amide bonds. The van der Waals surface area contributed by atoms with Gasteiger partial charge in [-0.1, -0.05) is 30.7 Å². The Morgan fingerprint density at radius 1 is 1.33 bits per heavy atom. The second-order valence-electron chi connectivity index (χ2n) is 4.89. The summed E-state index contributed by atoms with van der Waals surface area (Å²) in [7, 11) is 0. The van der Waals surface area contributed by atoms with Gasteiger partial charge in [-0.05, 0) is 44.7 Å². The first-order valence-corrected chi connectivity index (χ1v) is 6.63. The summed E-state index contributed by atoms with van der Waals surface area (Å²) in [5.41, 5.74) is 3.86. The molecule has 1 unspecified atom stereocenters. The van der Waals surface area contributed by atoms with E-state index in [-0.39, 0.29) is 12.1 Å². The molecule has 1 atom stereocenters. The zero-order chi connectivity index (χ0) is 13.5. The first kappa shape index (κ1) is 14.6. The molecule has 0 aromatic heterocycles. The fourth-order valence-electron chi connectivity index (χ4n) is 1.81. The lowest BCUT2D eigenvalue weighted by atomic mass is 10.0. The molecule has 0 heterocycles. The third kappa shape index (κ3) is 4.78. The second-order valence-corrected chi connectivity index (χ2v) is 4.89. The van der Waals surface area contributed by atoms with Gasteiger partial charge < -0.3 is 10.6 Å². The number of aryl methyl sites for hydroxylation is 2. The monoisotopic (exact) mass is 248 g/mol. The number of carbonyl (C=O) groups is 1. The van der Waals surface area contributed by atoms with E-state index in [1.54, 1.807) is 0 Å². The fraction of sp³-hybridized carbons (Fsp3) is 0.533. The van der Waals surface area contributed by atoms with Crippen LogP contribution in [0, 0.1) is 13.8 Å². The average molecular weight is 248 g/mol. The minimum absolute atomic E-state index is 0.0749. The number of carbonyl (C=O) groups excluding carboxylic acids is 1. The molecule has 3 heteroatoms. The first-order valence-electron chi connectivity index (χ1n) is 6.63. The van der Waals surface area contributed by atoms with Crippen LogP contribution in [0.5, 0.6) is 0 Å². The summed E-state index contributed by atoms with van der Waals surface area (Å²) in [6.07, 6.45) is 1.82. The van der Waals surface area contributed by atoms with Crippen LogP contribution < -0.4 is 10.6 Å². The van der Waals surface area contributed by atoms with Gasteiger partial charge in [-0.25, -0.2) is 4.79 Å². The van der Waals surface area contributed by atoms with Gasteiger partial charge in [0.05, 0.1) is 0 Å². The summed E-state index contributed by atoms with van der Waals surface area (Å²) in [6, 6.07) is 6.58. The van der Waals surface area contributed by atoms with Gasteiger partial charge in [0, 0.05) is 12.6 Å². The molecule has 0 aliphatic heterocycles. The Morgan fingerprint density at radius 3 is 2.67 bits per heavy atom. The number of rotatable bonds is 5. The topological polar surface area (TPSA) is 41.1 Å². The normalized spacial score (nSPS) is 12.0. The Balaban J connectivity index is 2.35. The number of benzene rings is 1. The van der Waals surface area contributed by atoms with E-state index in [0.29, 0.717) is 6.54 Å². The third-order valence-electron chi connectivity index (χ3n) is 3.17. The Kier molecular flexibility index (Phi) is 5.69. The summed E-state index contributed by atoms with van der Waals surface area (Å²) in [5.74, 6) is 0. The predicted octanol–water partition coefficient (Wildman–Crippen LogP) is 2.94. The minimum Gasteiger partial charge on any atom is -0.338 e. The molecule has 1 rings (SSSR count). The molecule has 0 spiro atoms. The van der Waals surface area contributed by atoms with Gasteiger partial charge in [-0.2, -0.15) is 0 Å². The number of hydrogen-bond donors (Lipinski definition) is 2. The maximum atomic E-state index is 11.5. The Morgan fingerprint density at radius 2 is 2.06 bits per heavy atom. The molecule has 0 saturated heterocycles. The van der Waals surface area contributed by atoms with Crippen LogP contribution in [0.15, 0.2) is 18.2 Å². The second kappa shape index (κ2) is 7.04. The first-order chi connectivity index (χ1) is 8.52. The molecule has 18 heavy (non-hydrogen) atoms. The highest BCUT2D eigenvalue weighted by Crippen LogP contribution is 2.10. The van der Waals surface area contributed by atoms with E-state index in [0.717, 1.165) is 12.8 Å². The molecular weight excluding hydrogens is 224 g/mol. The predicted molar refractivity (Wildman–Crippen MR) is 75.9 cm³/mol. The summed E-state index contributed by atoms with van der Waals surface area (Å²) < 4.78 is 0. The van der Waals surface area contributed by atoms with Gasteiger partial charge >= 0.3 is 6.03 Å². The van der Waals surface area contributed by atoms with Crippen molar-refractivity contribution in [2.24, 2.45) is 0 Å². The quantitative estimate of drug-likeness (QED) is 0.826. The number of urea groups is 1. The van der Waals surface area contributed by atoms with Crippen molar-refractivity contribution in [2.75, 3.05) is 6.54 Å². The van der Waals surface area contributed by atoms with Crippen molar-refractivity contribution in [3.63, 3.8) is 0 Å². The van der Waals surface area contributed by atoms with Crippen LogP contribution in [0.25, 0.3) is 0 Å². The third-order valence-corrected chi connectivity index (χ3v) is 3.17. The molecule has 2 N–H and O–H groups in total. The van der Waals surface area contributed by atoms with Crippen LogP contribution in [-0.4, -0.2) is 18.6 Å². The maximum Gasteiger partial charge on any atom is 0.315 e. The maximum absolute atomic E-state index is 11.5. The van der Waals surface area contributed by atoms with Crippen LogP contribution in [0.1, 0.15) is 37.0 Å². The van der Waals surface area contributed by atoms with E-state index in [9.17, 15) is 4.79 Å². The highest BCUT2D eigenvalue weighted by molar-refractivity contribution is 5.74. The lowest BCUT2D eigenvalue weighted by Gasteiger charge is -2.13. The van der Waals surface area contributed by atoms with Crippen LogP contribution in [0.3, 0.4) is 0 Å². The standard InChI is InChI=1S/C15H24N2O/c1-5-13(4)17-15(18)16-9-8-14-7-6-11(2)10-12(14)3/h6-7,10,13H,5,8-9H2,1-4H3,(H2,16,17,18). The van der Waals surface area contributed by atoms with E-state index in [2.05, 4.69) is 49.6 Å². The number of hydrogen-bond acceptors (Lipinski definition) is 1. The summed E-state index contributed by atoms with van der Waals surface area (Å²) in [4.78, 5) is 11.5. The van der Waals surface area contributed by atoms with Crippen molar-refractivity contribution in [1.82, 2.24) is 10.6 Å². The SMILES string of the molecule is CCC(C)NC(=O)NCCc1ccc(C)cc1C. The van der Waals surface area contributed by atoms with Gasteiger partial charge in [-0.15, -0.1) is 0 Å².